The van der Waals surface area contributed by atoms with Crippen molar-refractivity contribution in [3.63, 3.8) is 0 Å². The van der Waals surface area contributed by atoms with E-state index in [0.29, 0.717) is 18.9 Å². The minimum absolute atomic E-state index is 0.106. The van der Waals surface area contributed by atoms with E-state index in [4.69, 9.17) is 5.73 Å². The smallest absolute Gasteiger partial charge is 0.227 e. The van der Waals surface area contributed by atoms with Gasteiger partial charge in [0.15, 0.2) is 0 Å². The lowest BCUT2D eigenvalue weighted by Crippen LogP contribution is -2.62. The molecule has 4 nitrogen and oxygen atoms in total. The van der Waals surface area contributed by atoms with E-state index in [1.54, 1.807) is 0 Å². The van der Waals surface area contributed by atoms with Crippen molar-refractivity contribution < 1.29 is 9.59 Å². The van der Waals surface area contributed by atoms with Crippen LogP contribution in [0.25, 0.3) is 0 Å². The van der Waals surface area contributed by atoms with Gasteiger partial charge in [0.05, 0.1) is 11.8 Å². The molecule has 1 aromatic rings. The SMILES string of the molecule is Cc1ccccc1CC(=O)N1CC2CC(C(N)=O)(C2)C1. The second-order valence-electron chi connectivity index (χ2n) is 6.30. The lowest BCUT2D eigenvalue weighted by Gasteiger charge is -2.54. The third-order valence-corrected chi connectivity index (χ3v) is 4.81. The molecule has 1 aromatic carbocycles. The van der Waals surface area contributed by atoms with E-state index in [9.17, 15) is 9.59 Å². The fraction of sp³-hybridized carbons (Fsp3) is 0.500. The Hall–Kier alpha value is -1.84. The molecule has 2 aliphatic heterocycles. The van der Waals surface area contributed by atoms with Gasteiger partial charge in [-0.3, -0.25) is 9.59 Å². The van der Waals surface area contributed by atoms with Gasteiger partial charge in [-0.2, -0.15) is 0 Å². The molecule has 2 bridgehead atoms. The summed E-state index contributed by atoms with van der Waals surface area (Å²) in [4.78, 5) is 25.8. The second-order valence-corrected chi connectivity index (χ2v) is 6.30. The Bertz CT molecular complexity index is 561. The monoisotopic (exact) mass is 272 g/mol. The molecule has 1 aliphatic carbocycles. The molecule has 0 atom stereocenters. The van der Waals surface area contributed by atoms with Gasteiger partial charge in [0, 0.05) is 13.1 Å². The summed E-state index contributed by atoms with van der Waals surface area (Å²) < 4.78 is 0. The topological polar surface area (TPSA) is 63.4 Å². The van der Waals surface area contributed by atoms with Gasteiger partial charge in [-0.1, -0.05) is 24.3 Å². The standard InChI is InChI=1S/C16H20N2O2/c1-11-4-2-3-5-13(11)6-14(19)18-9-12-7-16(8-12,10-18)15(17)20/h2-5,12H,6-10H2,1H3,(H2,17,20). The van der Waals surface area contributed by atoms with Crippen LogP contribution in [0, 0.1) is 18.3 Å². The van der Waals surface area contributed by atoms with Crippen LogP contribution in [0.4, 0.5) is 0 Å². The Morgan fingerprint density at radius 3 is 2.70 bits per heavy atom. The highest BCUT2D eigenvalue weighted by Gasteiger charge is 2.54. The quantitative estimate of drug-likeness (QED) is 0.900. The predicted octanol–water partition coefficient (Wildman–Crippen LogP) is 1.26. The van der Waals surface area contributed by atoms with E-state index in [1.807, 2.05) is 36.1 Å². The zero-order valence-corrected chi connectivity index (χ0v) is 11.8. The van der Waals surface area contributed by atoms with Gasteiger partial charge >= 0.3 is 0 Å². The van der Waals surface area contributed by atoms with E-state index in [-0.39, 0.29) is 11.8 Å². The lowest BCUT2D eigenvalue weighted by molar-refractivity contribution is -0.155. The van der Waals surface area contributed by atoms with E-state index in [1.165, 1.54) is 0 Å². The maximum atomic E-state index is 12.4. The number of benzene rings is 1. The molecule has 2 saturated heterocycles. The van der Waals surface area contributed by atoms with Crippen molar-refractivity contribution in [2.24, 2.45) is 17.1 Å². The molecule has 0 unspecified atom stereocenters. The van der Waals surface area contributed by atoms with Crippen LogP contribution in [-0.2, 0) is 16.0 Å². The van der Waals surface area contributed by atoms with Crippen LogP contribution in [-0.4, -0.2) is 29.8 Å². The first-order valence-corrected chi connectivity index (χ1v) is 7.12. The van der Waals surface area contributed by atoms with Gasteiger partial charge in [-0.15, -0.1) is 0 Å². The lowest BCUT2D eigenvalue weighted by atomic mass is 9.58. The molecular formula is C16H20N2O2. The number of amides is 2. The minimum atomic E-state index is -0.440. The summed E-state index contributed by atoms with van der Waals surface area (Å²) in [6.07, 6.45) is 2.13. The van der Waals surface area contributed by atoms with Gasteiger partial charge in [-0.05, 0) is 36.8 Å². The Balaban J connectivity index is 1.70. The minimum Gasteiger partial charge on any atom is -0.369 e. The predicted molar refractivity (Wildman–Crippen MR) is 75.8 cm³/mol. The number of hydrogen-bond donors (Lipinski definition) is 1. The van der Waals surface area contributed by atoms with Gasteiger partial charge < -0.3 is 10.6 Å². The first-order valence-electron chi connectivity index (χ1n) is 7.12. The molecule has 2 heterocycles. The maximum Gasteiger partial charge on any atom is 0.227 e. The first-order chi connectivity index (χ1) is 9.50. The summed E-state index contributed by atoms with van der Waals surface area (Å²) in [6.45, 7) is 3.30. The number of carbonyl (C=O) groups is 2. The summed E-state index contributed by atoms with van der Waals surface area (Å²) in [5.41, 5.74) is 7.25. The molecule has 2 amide bonds. The molecule has 2 N–H and O–H groups in total. The zero-order valence-electron chi connectivity index (χ0n) is 11.8. The van der Waals surface area contributed by atoms with E-state index >= 15 is 0 Å². The van der Waals surface area contributed by atoms with Crippen molar-refractivity contribution in [1.82, 2.24) is 4.90 Å². The molecule has 4 rings (SSSR count). The zero-order chi connectivity index (χ0) is 14.3. The van der Waals surface area contributed by atoms with Gasteiger partial charge in [0.1, 0.15) is 0 Å². The number of aryl methyl sites for hydroxylation is 1. The van der Waals surface area contributed by atoms with Crippen LogP contribution in [0.1, 0.15) is 24.0 Å². The molecule has 106 valence electrons. The maximum absolute atomic E-state index is 12.4. The third kappa shape index (κ3) is 2.09. The normalized spacial score (nSPS) is 27.9. The highest BCUT2D eigenvalue weighted by molar-refractivity contribution is 5.85. The Labute approximate surface area is 118 Å². The molecule has 0 radical (unpaired) electrons. The summed E-state index contributed by atoms with van der Waals surface area (Å²) >= 11 is 0. The average Bonchev–Trinajstić information content (AvgIpc) is 2.40. The van der Waals surface area contributed by atoms with Crippen LogP contribution in [0.5, 0.6) is 0 Å². The molecule has 4 heteroatoms. The summed E-state index contributed by atoms with van der Waals surface area (Å²) in [5, 5.41) is 0. The van der Waals surface area contributed by atoms with Crippen LogP contribution in [0.2, 0.25) is 0 Å². The average molecular weight is 272 g/mol. The second kappa shape index (κ2) is 4.62. The third-order valence-electron chi connectivity index (χ3n) is 4.81. The molecular weight excluding hydrogens is 252 g/mol. The number of fused-ring (bicyclic) bond motifs is 2. The molecule has 0 aromatic heterocycles. The molecule has 20 heavy (non-hydrogen) atoms. The van der Waals surface area contributed by atoms with Crippen molar-refractivity contribution in [3.8, 4) is 0 Å². The highest BCUT2D eigenvalue weighted by Crippen LogP contribution is 2.50. The first kappa shape index (κ1) is 13.2. The Morgan fingerprint density at radius 2 is 2.05 bits per heavy atom. The number of piperidine rings is 2. The number of rotatable bonds is 3. The number of hydrogen-bond acceptors (Lipinski definition) is 2. The Kier molecular flexibility index (Phi) is 3.04. The van der Waals surface area contributed by atoms with Crippen LogP contribution in [0.15, 0.2) is 24.3 Å². The summed E-state index contributed by atoms with van der Waals surface area (Å²) in [7, 11) is 0. The van der Waals surface area contributed by atoms with E-state index in [0.717, 1.165) is 30.5 Å². The molecule has 3 fully saturated rings. The number of carbonyl (C=O) groups excluding carboxylic acids is 2. The van der Waals surface area contributed by atoms with Crippen LogP contribution >= 0.6 is 0 Å². The highest BCUT2D eigenvalue weighted by atomic mass is 16.2. The molecule has 0 spiro atoms. The number of primary amides is 1. The Morgan fingerprint density at radius 1 is 1.35 bits per heavy atom. The summed E-state index contributed by atoms with van der Waals surface area (Å²) in [6, 6.07) is 7.93. The van der Waals surface area contributed by atoms with Gasteiger partial charge in [-0.25, -0.2) is 0 Å². The van der Waals surface area contributed by atoms with Gasteiger partial charge in [0.2, 0.25) is 11.8 Å². The molecule has 1 saturated carbocycles. The van der Waals surface area contributed by atoms with Gasteiger partial charge in [0.25, 0.3) is 0 Å². The largest absolute Gasteiger partial charge is 0.369 e. The van der Waals surface area contributed by atoms with Crippen LogP contribution in [0.3, 0.4) is 0 Å². The number of nitrogens with two attached hydrogens (primary N) is 1. The van der Waals surface area contributed by atoms with E-state index in [2.05, 4.69) is 0 Å². The van der Waals surface area contributed by atoms with Crippen molar-refractivity contribution >= 4 is 11.8 Å². The number of nitrogens with zero attached hydrogens (tertiary/aromatic N) is 1. The van der Waals surface area contributed by atoms with Crippen molar-refractivity contribution in [2.75, 3.05) is 13.1 Å². The van der Waals surface area contributed by atoms with E-state index < -0.39 is 5.41 Å². The van der Waals surface area contributed by atoms with Crippen molar-refractivity contribution in [1.29, 1.82) is 0 Å². The fourth-order valence-corrected chi connectivity index (χ4v) is 3.60. The van der Waals surface area contributed by atoms with Crippen LogP contribution < -0.4 is 5.73 Å². The molecule has 3 aliphatic rings. The van der Waals surface area contributed by atoms with Crippen molar-refractivity contribution in [2.45, 2.75) is 26.2 Å². The summed E-state index contributed by atoms with van der Waals surface area (Å²) in [5.74, 6) is 0.313. The van der Waals surface area contributed by atoms with Crippen molar-refractivity contribution in [3.05, 3.63) is 35.4 Å². The fourth-order valence-electron chi connectivity index (χ4n) is 3.60.